The Morgan fingerprint density at radius 2 is 2.21 bits per heavy atom. The van der Waals surface area contributed by atoms with Crippen LogP contribution in [0.1, 0.15) is 23.1 Å². The van der Waals surface area contributed by atoms with Crippen molar-refractivity contribution in [3.63, 3.8) is 0 Å². The number of rotatable bonds is 4. The lowest BCUT2D eigenvalue weighted by atomic mass is 9.87. The molecule has 1 aromatic heterocycles. The van der Waals surface area contributed by atoms with Crippen LogP contribution in [0.25, 0.3) is 0 Å². The van der Waals surface area contributed by atoms with E-state index < -0.39 is 39.9 Å². The highest BCUT2D eigenvalue weighted by molar-refractivity contribution is 7.92. The fourth-order valence-electron chi connectivity index (χ4n) is 3.82. The first-order valence-corrected chi connectivity index (χ1v) is 10.4. The predicted octanol–water partition coefficient (Wildman–Crippen LogP) is 0.698. The molecule has 1 aliphatic heterocycles. The molecule has 3 N–H and O–H groups in total. The van der Waals surface area contributed by atoms with Crippen molar-refractivity contribution < 1.29 is 22.7 Å². The number of carbonyl (C=O) groups is 1. The summed E-state index contributed by atoms with van der Waals surface area (Å²) >= 11 is 0. The van der Waals surface area contributed by atoms with Crippen molar-refractivity contribution >= 4 is 21.8 Å². The zero-order chi connectivity index (χ0) is 20.1. The van der Waals surface area contributed by atoms with E-state index in [0.29, 0.717) is 34.8 Å². The number of benzene rings is 1. The standard InChI is InChI=1S/C18H21FN4O4S/c1-22-5-4-11(9-22)8-20-13-3-2-12-6-15(24)18(17(19)14(12)7-13)23-10-16(25)21-28(23,26)27/h4-6,9,13,20,24H,2-3,7-8,10H2,1H3,(H,21,25)/t13-/m1/s1. The maximum atomic E-state index is 15.2. The monoisotopic (exact) mass is 408 g/mol. The van der Waals surface area contributed by atoms with E-state index in [4.69, 9.17) is 0 Å². The summed E-state index contributed by atoms with van der Waals surface area (Å²) in [7, 11) is -2.26. The molecule has 1 aromatic carbocycles. The van der Waals surface area contributed by atoms with Crippen LogP contribution in [0.15, 0.2) is 24.5 Å². The number of hydrogen-bond acceptors (Lipinski definition) is 5. The summed E-state index contributed by atoms with van der Waals surface area (Å²) in [5.41, 5.74) is 1.68. The molecule has 1 aliphatic carbocycles. The Balaban J connectivity index is 1.59. The topological polar surface area (TPSA) is 104 Å². The van der Waals surface area contributed by atoms with Crippen molar-refractivity contribution in [3.05, 3.63) is 47.0 Å². The highest BCUT2D eigenvalue weighted by Crippen LogP contribution is 2.39. The normalized spacial score (nSPS) is 20.9. The first-order chi connectivity index (χ1) is 13.2. The molecule has 0 radical (unpaired) electrons. The summed E-state index contributed by atoms with van der Waals surface area (Å²) in [4.78, 5) is 11.5. The number of halogens is 1. The number of aromatic hydroxyl groups is 1. The molecule has 1 atom stereocenters. The molecule has 0 spiro atoms. The SMILES string of the molecule is Cn1ccc(CN[C@@H]2CCc3cc(O)c(N4CC(=O)NS4(=O)=O)c(F)c3C2)c1. The molecular weight excluding hydrogens is 387 g/mol. The number of aromatic nitrogens is 1. The molecule has 2 heterocycles. The van der Waals surface area contributed by atoms with Crippen LogP contribution >= 0.6 is 0 Å². The molecule has 2 aromatic rings. The van der Waals surface area contributed by atoms with E-state index in [2.05, 4.69) is 5.32 Å². The summed E-state index contributed by atoms with van der Waals surface area (Å²) in [6.45, 7) is 0.0909. The molecule has 0 saturated carbocycles. The fraction of sp³-hybridized carbons (Fsp3) is 0.389. The van der Waals surface area contributed by atoms with Gasteiger partial charge in [0.2, 0.25) is 0 Å². The lowest BCUT2D eigenvalue weighted by Crippen LogP contribution is -2.35. The Hall–Kier alpha value is -2.59. The number of nitrogens with zero attached hydrogens (tertiary/aromatic N) is 2. The first-order valence-electron chi connectivity index (χ1n) is 8.95. The van der Waals surface area contributed by atoms with Gasteiger partial charge in [-0.2, -0.15) is 8.42 Å². The minimum atomic E-state index is -4.20. The Morgan fingerprint density at radius 1 is 1.43 bits per heavy atom. The average molecular weight is 408 g/mol. The number of carbonyl (C=O) groups excluding carboxylic acids is 1. The van der Waals surface area contributed by atoms with E-state index in [1.807, 2.05) is 30.1 Å². The van der Waals surface area contributed by atoms with Gasteiger partial charge >= 0.3 is 10.2 Å². The lowest BCUT2D eigenvalue weighted by Gasteiger charge is -2.28. The molecule has 4 rings (SSSR count). The number of amides is 1. The van der Waals surface area contributed by atoms with Gasteiger partial charge in [-0.1, -0.05) is 0 Å². The second-order valence-electron chi connectivity index (χ2n) is 7.24. The summed E-state index contributed by atoms with van der Waals surface area (Å²) in [5, 5.41) is 13.6. The highest BCUT2D eigenvalue weighted by Gasteiger charge is 2.39. The molecule has 0 unspecified atom stereocenters. The van der Waals surface area contributed by atoms with Gasteiger partial charge in [-0.3, -0.25) is 4.79 Å². The molecule has 8 nitrogen and oxygen atoms in total. The van der Waals surface area contributed by atoms with Crippen LogP contribution in [0.3, 0.4) is 0 Å². The van der Waals surface area contributed by atoms with Gasteiger partial charge in [0.15, 0.2) is 5.82 Å². The van der Waals surface area contributed by atoms with E-state index in [-0.39, 0.29) is 6.04 Å². The van der Waals surface area contributed by atoms with Gasteiger partial charge < -0.3 is 15.0 Å². The van der Waals surface area contributed by atoms with Gasteiger partial charge in [0, 0.05) is 32.0 Å². The minimum Gasteiger partial charge on any atom is -0.506 e. The number of fused-ring (bicyclic) bond motifs is 1. The zero-order valence-electron chi connectivity index (χ0n) is 15.3. The number of nitrogens with one attached hydrogen (secondary N) is 2. The van der Waals surface area contributed by atoms with Crippen LogP contribution in [-0.2, 0) is 41.4 Å². The van der Waals surface area contributed by atoms with E-state index in [1.54, 1.807) is 4.72 Å². The van der Waals surface area contributed by atoms with Crippen molar-refractivity contribution in [2.45, 2.75) is 31.8 Å². The van der Waals surface area contributed by atoms with Gasteiger partial charge in [-0.05, 0) is 48.1 Å². The largest absolute Gasteiger partial charge is 0.506 e. The maximum absolute atomic E-state index is 15.2. The molecule has 0 bridgehead atoms. The van der Waals surface area contributed by atoms with Crippen molar-refractivity contribution in [1.29, 1.82) is 0 Å². The second kappa shape index (κ2) is 6.78. The van der Waals surface area contributed by atoms with Crippen LogP contribution in [0, 0.1) is 5.82 Å². The molecule has 1 amide bonds. The van der Waals surface area contributed by atoms with Crippen molar-refractivity contribution in [1.82, 2.24) is 14.6 Å². The third-order valence-corrected chi connectivity index (χ3v) is 6.56. The van der Waals surface area contributed by atoms with Crippen molar-refractivity contribution in [2.75, 3.05) is 10.8 Å². The Labute approximate surface area is 162 Å². The van der Waals surface area contributed by atoms with E-state index >= 15 is 4.39 Å². The van der Waals surface area contributed by atoms with Gasteiger partial charge in [0.25, 0.3) is 5.91 Å². The predicted molar refractivity (Wildman–Crippen MR) is 101 cm³/mol. The Bertz CT molecular complexity index is 1050. The highest BCUT2D eigenvalue weighted by atomic mass is 32.2. The number of anilines is 1. The summed E-state index contributed by atoms with van der Waals surface area (Å²) in [5.74, 6) is -2.03. The van der Waals surface area contributed by atoms with Gasteiger partial charge in [0.05, 0.1) is 0 Å². The average Bonchev–Trinajstić information content (AvgIpc) is 3.15. The molecule has 28 heavy (non-hydrogen) atoms. The minimum absolute atomic E-state index is 0.0227. The summed E-state index contributed by atoms with van der Waals surface area (Å²) in [6, 6.07) is 3.43. The van der Waals surface area contributed by atoms with E-state index in [1.165, 1.54) is 6.07 Å². The molecule has 2 aliphatic rings. The number of phenols is 1. The van der Waals surface area contributed by atoms with Gasteiger partial charge in [-0.25, -0.2) is 13.4 Å². The van der Waals surface area contributed by atoms with Crippen molar-refractivity contribution in [2.24, 2.45) is 7.05 Å². The van der Waals surface area contributed by atoms with Crippen molar-refractivity contribution in [3.8, 4) is 5.75 Å². The zero-order valence-corrected chi connectivity index (χ0v) is 16.1. The fourth-order valence-corrected chi connectivity index (χ4v) is 4.99. The quantitative estimate of drug-likeness (QED) is 0.691. The van der Waals surface area contributed by atoms with Crippen LogP contribution in [0.2, 0.25) is 0 Å². The molecule has 1 saturated heterocycles. The molecule has 10 heteroatoms. The van der Waals surface area contributed by atoms with E-state index in [9.17, 15) is 18.3 Å². The third-order valence-electron chi connectivity index (χ3n) is 5.18. The Morgan fingerprint density at radius 3 is 2.86 bits per heavy atom. The van der Waals surface area contributed by atoms with Crippen LogP contribution in [0.4, 0.5) is 10.1 Å². The number of phenolic OH excluding ortho intramolecular Hbond substituents is 1. The van der Waals surface area contributed by atoms with Crippen LogP contribution < -0.4 is 14.3 Å². The van der Waals surface area contributed by atoms with Crippen LogP contribution in [-0.4, -0.2) is 36.6 Å². The van der Waals surface area contributed by atoms with E-state index in [0.717, 1.165) is 12.0 Å². The molecule has 1 fully saturated rings. The smallest absolute Gasteiger partial charge is 0.326 e. The first kappa shape index (κ1) is 18.8. The molecular formula is C18H21FN4O4S. The van der Waals surface area contributed by atoms with Crippen LogP contribution in [0.5, 0.6) is 5.75 Å². The van der Waals surface area contributed by atoms with Gasteiger partial charge in [0.1, 0.15) is 18.0 Å². The number of aryl methyl sites for hydroxylation is 2. The number of hydrogen-bond donors (Lipinski definition) is 3. The van der Waals surface area contributed by atoms with Gasteiger partial charge in [-0.15, -0.1) is 0 Å². The Kier molecular flexibility index (Phi) is 4.54. The summed E-state index contributed by atoms with van der Waals surface area (Å²) in [6.07, 6.45) is 5.67. The second-order valence-corrected chi connectivity index (χ2v) is 8.83. The third kappa shape index (κ3) is 3.33. The summed E-state index contributed by atoms with van der Waals surface area (Å²) < 4.78 is 43.7. The lowest BCUT2D eigenvalue weighted by molar-refractivity contribution is -0.117. The molecule has 150 valence electrons. The maximum Gasteiger partial charge on any atom is 0.326 e.